The van der Waals surface area contributed by atoms with Crippen LogP contribution in [0.1, 0.15) is 15.9 Å². The first kappa shape index (κ1) is 15.0. The molecule has 0 atom stereocenters. The first-order valence-corrected chi connectivity index (χ1v) is 7.09. The molecule has 0 saturated carbocycles. The van der Waals surface area contributed by atoms with E-state index >= 15 is 0 Å². The lowest BCUT2D eigenvalue weighted by Crippen LogP contribution is -2.28. The van der Waals surface area contributed by atoms with Gasteiger partial charge in [-0.25, -0.2) is 4.39 Å². The molecule has 1 aliphatic heterocycles. The van der Waals surface area contributed by atoms with Gasteiger partial charge in [-0.3, -0.25) is 9.59 Å². The summed E-state index contributed by atoms with van der Waals surface area (Å²) in [4.78, 5) is 25.3. The van der Waals surface area contributed by atoms with Crippen molar-refractivity contribution < 1.29 is 18.7 Å². The highest BCUT2D eigenvalue weighted by atomic mass is 19.1. The van der Waals surface area contributed by atoms with Crippen LogP contribution in [0, 0.1) is 5.82 Å². The number of hydrogen-bond acceptors (Lipinski definition) is 3. The first-order valence-electron chi connectivity index (χ1n) is 7.09. The zero-order valence-electron chi connectivity index (χ0n) is 12.5. The highest BCUT2D eigenvalue weighted by Crippen LogP contribution is 2.28. The molecule has 2 aromatic rings. The van der Waals surface area contributed by atoms with Gasteiger partial charge in [0.1, 0.15) is 11.6 Å². The van der Waals surface area contributed by atoms with Crippen molar-refractivity contribution in [2.45, 2.75) is 6.54 Å². The Bertz CT molecular complexity index is 776. The number of benzene rings is 2. The van der Waals surface area contributed by atoms with E-state index in [0.29, 0.717) is 22.6 Å². The van der Waals surface area contributed by atoms with Crippen LogP contribution in [-0.2, 0) is 11.3 Å². The van der Waals surface area contributed by atoms with Gasteiger partial charge in [0, 0.05) is 19.2 Å². The monoisotopic (exact) mass is 314 g/mol. The summed E-state index contributed by atoms with van der Waals surface area (Å²) < 4.78 is 18.5. The molecule has 3 rings (SSSR count). The van der Waals surface area contributed by atoms with Crippen LogP contribution in [0.15, 0.2) is 42.5 Å². The van der Waals surface area contributed by atoms with E-state index in [1.54, 1.807) is 37.4 Å². The molecule has 0 saturated heterocycles. The maximum Gasteiger partial charge on any atom is 0.262 e. The van der Waals surface area contributed by atoms with Gasteiger partial charge in [-0.05, 0) is 35.9 Å². The fourth-order valence-electron chi connectivity index (χ4n) is 2.42. The molecule has 118 valence electrons. The maximum absolute atomic E-state index is 13.2. The van der Waals surface area contributed by atoms with Crippen LogP contribution in [0.5, 0.6) is 5.75 Å². The Hall–Kier alpha value is -2.89. The van der Waals surface area contributed by atoms with Gasteiger partial charge in [0.25, 0.3) is 11.8 Å². The third-order valence-corrected chi connectivity index (χ3v) is 3.51. The van der Waals surface area contributed by atoms with E-state index < -0.39 is 0 Å². The molecule has 6 heteroatoms. The molecule has 5 nitrogen and oxygen atoms in total. The first-order chi connectivity index (χ1) is 11.0. The summed E-state index contributed by atoms with van der Waals surface area (Å²) in [6.07, 6.45) is 0. The van der Waals surface area contributed by atoms with Crippen LogP contribution in [0.4, 0.5) is 10.1 Å². The summed E-state index contributed by atoms with van der Waals surface area (Å²) in [5.74, 6) is -0.280. The van der Waals surface area contributed by atoms with Crippen LogP contribution in [-0.4, -0.2) is 30.4 Å². The van der Waals surface area contributed by atoms with Crippen molar-refractivity contribution >= 4 is 17.5 Å². The van der Waals surface area contributed by atoms with Crippen LogP contribution in [0.2, 0.25) is 0 Å². The molecule has 0 bridgehead atoms. The number of halogens is 1. The number of carbonyl (C=O) groups is 2. The molecule has 1 N–H and O–H groups in total. The van der Waals surface area contributed by atoms with Crippen molar-refractivity contribution in [3.63, 3.8) is 0 Å². The van der Waals surface area contributed by atoms with Gasteiger partial charge in [-0.2, -0.15) is 0 Å². The van der Waals surface area contributed by atoms with Gasteiger partial charge >= 0.3 is 0 Å². The van der Waals surface area contributed by atoms with Crippen LogP contribution < -0.4 is 10.1 Å². The Kier molecular flexibility index (Phi) is 3.97. The van der Waals surface area contributed by atoms with Crippen molar-refractivity contribution in [2.24, 2.45) is 0 Å². The van der Waals surface area contributed by atoms with Gasteiger partial charge in [0.2, 0.25) is 0 Å². The minimum Gasteiger partial charge on any atom is -0.482 e. The molecular weight excluding hydrogens is 299 g/mol. The quantitative estimate of drug-likeness (QED) is 0.946. The summed E-state index contributed by atoms with van der Waals surface area (Å²) in [5, 5.41) is 2.67. The number of nitrogens with zero attached hydrogens (tertiary/aromatic N) is 1. The number of ether oxygens (including phenoxy) is 1. The van der Waals surface area contributed by atoms with Crippen LogP contribution >= 0.6 is 0 Å². The fraction of sp³-hybridized carbons (Fsp3) is 0.176. The van der Waals surface area contributed by atoms with Crippen molar-refractivity contribution in [1.29, 1.82) is 0 Å². The van der Waals surface area contributed by atoms with Gasteiger partial charge in [-0.1, -0.05) is 12.1 Å². The van der Waals surface area contributed by atoms with E-state index in [4.69, 9.17) is 4.74 Å². The summed E-state index contributed by atoms with van der Waals surface area (Å²) >= 11 is 0. The van der Waals surface area contributed by atoms with E-state index in [-0.39, 0.29) is 30.8 Å². The minimum atomic E-state index is -0.336. The molecule has 1 heterocycles. The lowest BCUT2D eigenvalue weighted by atomic mass is 10.1. The Morgan fingerprint density at radius 1 is 1.30 bits per heavy atom. The van der Waals surface area contributed by atoms with E-state index in [1.807, 2.05) is 0 Å². The zero-order chi connectivity index (χ0) is 16.4. The number of rotatable bonds is 3. The van der Waals surface area contributed by atoms with Crippen LogP contribution in [0.3, 0.4) is 0 Å². The number of nitrogens with one attached hydrogen (secondary N) is 1. The van der Waals surface area contributed by atoms with Gasteiger partial charge in [0.15, 0.2) is 6.61 Å². The normalized spacial score (nSPS) is 12.9. The molecule has 23 heavy (non-hydrogen) atoms. The average molecular weight is 314 g/mol. The standard InChI is InChI=1S/C17H15FN2O3/c1-20(9-11-3-2-4-13(18)7-11)17(22)12-5-6-15-14(8-12)19-16(21)10-23-15/h2-8H,9-10H2,1H3,(H,19,21). The number of fused-ring (bicyclic) bond motifs is 1. The smallest absolute Gasteiger partial charge is 0.262 e. The molecule has 0 radical (unpaired) electrons. The molecule has 2 aromatic carbocycles. The molecule has 0 aliphatic carbocycles. The van der Waals surface area contributed by atoms with Crippen molar-refractivity contribution in [1.82, 2.24) is 4.90 Å². The molecule has 0 fully saturated rings. The Labute approximate surface area is 132 Å². The van der Waals surface area contributed by atoms with E-state index in [2.05, 4.69) is 5.32 Å². The average Bonchev–Trinajstić information content (AvgIpc) is 2.53. The molecule has 2 amide bonds. The third kappa shape index (κ3) is 3.31. The fourth-order valence-corrected chi connectivity index (χ4v) is 2.42. The van der Waals surface area contributed by atoms with Gasteiger partial charge in [0.05, 0.1) is 5.69 Å². The van der Waals surface area contributed by atoms with Gasteiger partial charge in [-0.15, -0.1) is 0 Å². The van der Waals surface area contributed by atoms with Gasteiger partial charge < -0.3 is 15.0 Å². The topological polar surface area (TPSA) is 58.6 Å². The summed E-state index contributed by atoms with van der Waals surface area (Å²) in [6.45, 7) is 0.260. The summed E-state index contributed by atoms with van der Waals surface area (Å²) in [7, 11) is 1.64. The summed E-state index contributed by atoms with van der Waals surface area (Å²) in [5.41, 5.74) is 1.61. The minimum absolute atomic E-state index is 0.0280. The third-order valence-electron chi connectivity index (χ3n) is 3.51. The van der Waals surface area contributed by atoms with E-state index in [0.717, 1.165) is 0 Å². The number of amides is 2. The Morgan fingerprint density at radius 3 is 2.91 bits per heavy atom. The number of hydrogen-bond donors (Lipinski definition) is 1. The van der Waals surface area contributed by atoms with Crippen LogP contribution in [0.25, 0.3) is 0 Å². The predicted octanol–water partition coefficient (Wildman–Crippen LogP) is 2.43. The SMILES string of the molecule is CN(Cc1cccc(F)c1)C(=O)c1ccc2c(c1)NC(=O)CO2. The second-order valence-electron chi connectivity index (χ2n) is 5.34. The van der Waals surface area contributed by atoms with Crippen molar-refractivity contribution in [2.75, 3.05) is 19.0 Å². The Morgan fingerprint density at radius 2 is 2.13 bits per heavy atom. The van der Waals surface area contributed by atoms with Crippen molar-refractivity contribution in [3.8, 4) is 5.75 Å². The van der Waals surface area contributed by atoms with E-state index in [1.165, 1.54) is 17.0 Å². The second kappa shape index (κ2) is 6.08. The molecule has 0 unspecified atom stereocenters. The number of anilines is 1. The van der Waals surface area contributed by atoms with Crippen molar-refractivity contribution in [3.05, 3.63) is 59.4 Å². The number of carbonyl (C=O) groups excluding carboxylic acids is 2. The summed E-state index contributed by atoms with van der Waals surface area (Å²) in [6, 6.07) is 11.0. The maximum atomic E-state index is 13.2. The highest BCUT2D eigenvalue weighted by molar-refractivity contribution is 5.99. The highest BCUT2D eigenvalue weighted by Gasteiger charge is 2.19. The lowest BCUT2D eigenvalue weighted by Gasteiger charge is -2.21. The molecule has 0 aromatic heterocycles. The molecule has 0 spiro atoms. The molecule has 1 aliphatic rings. The zero-order valence-corrected chi connectivity index (χ0v) is 12.5. The Balaban J connectivity index is 1.77. The predicted molar refractivity (Wildman–Crippen MR) is 82.8 cm³/mol. The van der Waals surface area contributed by atoms with E-state index in [9.17, 15) is 14.0 Å². The lowest BCUT2D eigenvalue weighted by molar-refractivity contribution is -0.118. The largest absolute Gasteiger partial charge is 0.482 e. The second-order valence-corrected chi connectivity index (χ2v) is 5.34. The molecular formula is C17H15FN2O3.